The van der Waals surface area contributed by atoms with Crippen LogP contribution in [0.2, 0.25) is 10.0 Å². The molecule has 3 nitrogen and oxygen atoms in total. The SMILES string of the molecule is CCC1CCC(O)(CNc2cc(Cl)c(Cl)cc2N)CC1. The molecule has 1 aromatic carbocycles. The second kappa shape index (κ2) is 6.42. The van der Waals surface area contributed by atoms with E-state index in [0.717, 1.165) is 37.3 Å². The monoisotopic (exact) mass is 316 g/mol. The Kier molecular flexibility index (Phi) is 5.05. The largest absolute Gasteiger partial charge is 0.397 e. The highest BCUT2D eigenvalue weighted by Crippen LogP contribution is 2.35. The van der Waals surface area contributed by atoms with Gasteiger partial charge in [0.05, 0.1) is 27.0 Å². The van der Waals surface area contributed by atoms with E-state index in [-0.39, 0.29) is 0 Å². The summed E-state index contributed by atoms with van der Waals surface area (Å²) in [5.41, 5.74) is 6.53. The van der Waals surface area contributed by atoms with Crippen molar-refractivity contribution in [1.82, 2.24) is 0 Å². The van der Waals surface area contributed by atoms with Crippen molar-refractivity contribution >= 4 is 34.6 Å². The van der Waals surface area contributed by atoms with E-state index in [1.165, 1.54) is 6.42 Å². The van der Waals surface area contributed by atoms with Crippen molar-refractivity contribution in [2.45, 2.75) is 44.6 Å². The molecule has 1 saturated carbocycles. The Labute approximate surface area is 130 Å². The Balaban J connectivity index is 1.97. The van der Waals surface area contributed by atoms with Crippen LogP contribution in [0.1, 0.15) is 39.0 Å². The van der Waals surface area contributed by atoms with Gasteiger partial charge in [-0.15, -0.1) is 0 Å². The molecule has 1 aliphatic rings. The van der Waals surface area contributed by atoms with Crippen LogP contribution in [-0.4, -0.2) is 17.3 Å². The molecule has 0 heterocycles. The molecular formula is C15H22Cl2N2O. The number of hydrogen-bond donors (Lipinski definition) is 3. The van der Waals surface area contributed by atoms with Gasteiger partial charge in [0, 0.05) is 6.54 Å². The van der Waals surface area contributed by atoms with Crippen molar-refractivity contribution in [3.05, 3.63) is 22.2 Å². The Bertz CT molecular complexity index is 471. The number of halogens is 2. The molecule has 0 saturated heterocycles. The van der Waals surface area contributed by atoms with Crippen LogP contribution in [0.3, 0.4) is 0 Å². The molecular weight excluding hydrogens is 295 g/mol. The van der Waals surface area contributed by atoms with Gasteiger partial charge in [0.25, 0.3) is 0 Å². The standard InChI is InChI=1S/C15H22Cl2N2O/c1-2-10-3-5-15(20,6-4-10)9-19-14-8-12(17)11(16)7-13(14)18/h7-8,10,19-20H,2-6,9,18H2,1H3. The smallest absolute Gasteiger partial charge is 0.0819 e. The van der Waals surface area contributed by atoms with Crippen LogP contribution < -0.4 is 11.1 Å². The van der Waals surface area contributed by atoms with Crippen molar-refractivity contribution < 1.29 is 5.11 Å². The van der Waals surface area contributed by atoms with E-state index in [1.54, 1.807) is 12.1 Å². The van der Waals surface area contributed by atoms with Crippen molar-refractivity contribution in [2.75, 3.05) is 17.6 Å². The lowest BCUT2D eigenvalue weighted by atomic mass is 9.78. The zero-order valence-electron chi connectivity index (χ0n) is 11.8. The lowest BCUT2D eigenvalue weighted by Crippen LogP contribution is -2.40. The van der Waals surface area contributed by atoms with Gasteiger partial charge in [-0.3, -0.25) is 0 Å². The molecule has 0 unspecified atom stereocenters. The third-order valence-corrected chi connectivity index (χ3v) is 5.04. The van der Waals surface area contributed by atoms with Gasteiger partial charge < -0.3 is 16.2 Å². The molecule has 0 aromatic heterocycles. The quantitative estimate of drug-likeness (QED) is 0.725. The second-order valence-corrected chi connectivity index (χ2v) is 6.60. The van der Waals surface area contributed by atoms with Gasteiger partial charge in [0.15, 0.2) is 0 Å². The van der Waals surface area contributed by atoms with Gasteiger partial charge in [0.2, 0.25) is 0 Å². The van der Waals surface area contributed by atoms with Crippen LogP contribution in [0.15, 0.2) is 12.1 Å². The molecule has 4 N–H and O–H groups in total. The molecule has 1 fully saturated rings. The Morgan fingerprint density at radius 2 is 1.90 bits per heavy atom. The number of aliphatic hydroxyl groups is 1. The van der Waals surface area contributed by atoms with Gasteiger partial charge in [-0.05, 0) is 43.7 Å². The van der Waals surface area contributed by atoms with E-state index in [2.05, 4.69) is 12.2 Å². The fourth-order valence-corrected chi connectivity index (χ4v) is 3.11. The number of anilines is 2. The van der Waals surface area contributed by atoms with Gasteiger partial charge in [0.1, 0.15) is 0 Å². The summed E-state index contributed by atoms with van der Waals surface area (Å²) < 4.78 is 0. The third-order valence-electron chi connectivity index (χ3n) is 4.31. The molecule has 0 amide bonds. The van der Waals surface area contributed by atoms with Crippen LogP contribution in [0.5, 0.6) is 0 Å². The predicted octanol–water partition coefficient (Wildman–Crippen LogP) is 4.32. The number of benzene rings is 1. The summed E-state index contributed by atoms with van der Waals surface area (Å²) in [4.78, 5) is 0. The number of nitrogens with one attached hydrogen (secondary N) is 1. The first-order chi connectivity index (χ1) is 9.43. The average Bonchev–Trinajstić information content (AvgIpc) is 2.42. The molecule has 0 radical (unpaired) electrons. The number of hydrogen-bond acceptors (Lipinski definition) is 3. The third kappa shape index (κ3) is 3.72. The second-order valence-electron chi connectivity index (χ2n) is 5.78. The zero-order valence-corrected chi connectivity index (χ0v) is 13.3. The molecule has 0 spiro atoms. The average molecular weight is 317 g/mol. The van der Waals surface area contributed by atoms with Crippen LogP contribution in [0.4, 0.5) is 11.4 Å². The van der Waals surface area contributed by atoms with Crippen molar-refractivity contribution in [2.24, 2.45) is 5.92 Å². The Morgan fingerprint density at radius 1 is 1.30 bits per heavy atom. The minimum atomic E-state index is -0.649. The van der Waals surface area contributed by atoms with E-state index in [9.17, 15) is 5.11 Å². The van der Waals surface area contributed by atoms with Gasteiger partial charge in [-0.2, -0.15) is 0 Å². The first-order valence-electron chi connectivity index (χ1n) is 7.14. The van der Waals surface area contributed by atoms with Crippen LogP contribution >= 0.6 is 23.2 Å². The van der Waals surface area contributed by atoms with Crippen molar-refractivity contribution in [1.29, 1.82) is 0 Å². The van der Waals surface area contributed by atoms with E-state index in [0.29, 0.717) is 22.3 Å². The lowest BCUT2D eigenvalue weighted by molar-refractivity contribution is 0.00231. The summed E-state index contributed by atoms with van der Waals surface area (Å²) >= 11 is 11.9. The summed E-state index contributed by atoms with van der Waals surface area (Å²) in [6.45, 7) is 2.70. The number of nitrogen functional groups attached to an aromatic ring is 1. The van der Waals surface area contributed by atoms with Gasteiger partial charge >= 0.3 is 0 Å². The minimum absolute atomic E-state index is 0.442. The van der Waals surface area contributed by atoms with Gasteiger partial charge in [-0.25, -0.2) is 0 Å². The minimum Gasteiger partial charge on any atom is -0.397 e. The van der Waals surface area contributed by atoms with E-state index < -0.39 is 5.60 Å². The zero-order chi connectivity index (χ0) is 14.8. The maximum atomic E-state index is 10.6. The topological polar surface area (TPSA) is 58.3 Å². The Morgan fingerprint density at radius 3 is 2.50 bits per heavy atom. The van der Waals surface area contributed by atoms with Crippen LogP contribution in [-0.2, 0) is 0 Å². The molecule has 0 aliphatic heterocycles. The number of nitrogens with two attached hydrogens (primary N) is 1. The van der Waals surface area contributed by atoms with Gasteiger partial charge in [-0.1, -0.05) is 36.5 Å². The summed E-state index contributed by atoms with van der Waals surface area (Å²) in [6, 6.07) is 3.34. The Hall–Kier alpha value is -0.640. The predicted molar refractivity (Wildman–Crippen MR) is 86.6 cm³/mol. The highest BCUT2D eigenvalue weighted by molar-refractivity contribution is 6.42. The normalized spacial score (nSPS) is 26.5. The summed E-state index contributed by atoms with van der Waals surface area (Å²) in [5.74, 6) is 0.755. The molecule has 2 rings (SSSR count). The maximum Gasteiger partial charge on any atom is 0.0819 e. The fraction of sp³-hybridized carbons (Fsp3) is 0.600. The molecule has 1 aliphatic carbocycles. The molecule has 112 valence electrons. The first kappa shape index (κ1) is 15.7. The number of rotatable bonds is 4. The highest BCUT2D eigenvalue weighted by atomic mass is 35.5. The highest BCUT2D eigenvalue weighted by Gasteiger charge is 2.32. The summed E-state index contributed by atoms with van der Waals surface area (Å²) in [5, 5.41) is 14.7. The molecule has 5 heteroatoms. The summed E-state index contributed by atoms with van der Waals surface area (Å²) in [7, 11) is 0. The molecule has 20 heavy (non-hydrogen) atoms. The molecule has 1 aromatic rings. The van der Waals surface area contributed by atoms with E-state index >= 15 is 0 Å². The van der Waals surface area contributed by atoms with Crippen molar-refractivity contribution in [3.8, 4) is 0 Å². The first-order valence-corrected chi connectivity index (χ1v) is 7.90. The molecule has 0 atom stereocenters. The van der Waals surface area contributed by atoms with Crippen molar-refractivity contribution in [3.63, 3.8) is 0 Å². The molecule has 0 bridgehead atoms. The lowest BCUT2D eigenvalue weighted by Gasteiger charge is -2.36. The van der Waals surface area contributed by atoms with E-state index in [1.807, 2.05) is 0 Å². The van der Waals surface area contributed by atoms with E-state index in [4.69, 9.17) is 28.9 Å². The summed E-state index contributed by atoms with van der Waals surface area (Å²) in [6.07, 6.45) is 5.04. The van der Waals surface area contributed by atoms with Crippen LogP contribution in [0, 0.1) is 5.92 Å². The van der Waals surface area contributed by atoms with Crippen LogP contribution in [0.25, 0.3) is 0 Å². The maximum absolute atomic E-state index is 10.6. The fourth-order valence-electron chi connectivity index (χ4n) is 2.78.